The Hall–Kier alpha value is -4.23. The van der Waals surface area contributed by atoms with Gasteiger partial charge < -0.3 is 23.8 Å². The van der Waals surface area contributed by atoms with E-state index in [1.54, 1.807) is 23.1 Å². The summed E-state index contributed by atoms with van der Waals surface area (Å²) in [4.78, 5) is 31.9. The molecule has 11 nitrogen and oxygen atoms in total. The number of fused-ring (bicyclic) bond motifs is 6. The van der Waals surface area contributed by atoms with Gasteiger partial charge in [0.05, 0.1) is 41.1 Å². The molecule has 316 valence electrons. The first kappa shape index (κ1) is 42.9. The molecule has 4 aromatic rings. The average Bonchev–Trinajstić information content (AvgIpc) is 3.41. The number of nitrogens with zero attached hydrogens (tertiary/aromatic N) is 5. The SMILES string of the molecule is COCOCC1Oc2nc(-c3cccc4ccc(F)c(C#C[Si](C(C)C)(C(C)C)C(C)C)c34)c(F)c3nc(S(C)=O)nc(c23)N2CC3CCC(C12)N3C(=O)OC(C)(C)C. The van der Waals surface area contributed by atoms with Gasteiger partial charge in [-0.2, -0.15) is 0 Å². The molecular weight excluding hydrogens is 793 g/mol. The molecule has 7 rings (SSSR count). The van der Waals surface area contributed by atoms with Crippen LogP contribution in [0.2, 0.25) is 16.6 Å². The Balaban J connectivity index is 1.47. The normalized spacial score (nSPS) is 20.8. The molecule has 5 unspecified atom stereocenters. The fourth-order valence-corrected chi connectivity index (χ4v) is 15.5. The number of carbonyl (C=O) groups excluding carboxylic acids is 1. The zero-order valence-electron chi connectivity index (χ0n) is 35.8. The predicted octanol–water partition coefficient (Wildman–Crippen LogP) is 8.77. The highest BCUT2D eigenvalue weighted by molar-refractivity contribution is 7.84. The Morgan fingerprint density at radius 1 is 1.02 bits per heavy atom. The molecular formula is C44H55F2N5O6SSi. The minimum atomic E-state index is -2.31. The molecule has 0 N–H and O–H groups in total. The van der Waals surface area contributed by atoms with Crippen molar-refractivity contribution in [3.8, 4) is 28.6 Å². The van der Waals surface area contributed by atoms with Crippen LogP contribution >= 0.6 is 0 Å². The van der Waals surface area contributed by atoms with E-state index in [1.165, 1.54) is 19.4 Å². The summed E-state index contributed by atoms with van der Waals surface area (Å²) < 4.78 is 71.0. The molecule has 5 heterocycles. The lowest BCUT2D eigenvalue weighted by Crippen LogP contribution is -2.66. The van der Waals surface area contributed by atoms with Crippen LogP contribution in [0.5, 0.6) is 5.88 Å². The van der Waals surface area contributed by atoms with Gasteiger partial charge in [-0.3, -0.25) is 9.11 Å². The van der Waals surface area contributed by atoms with Gasteiger partial charge in [0, 0.05) is 30.9 Å². The maximum absolute atomic E-state index is 17.6. The molecule has 3 aliphatic rings. The number of rotatable bonds is 9. The van der Waals surface area contributed by atoms with Crippen LogP contribution in [0.4, 0.5) is 19.4 Å². The number of benzene rings is 2. The summed E-state index contributed by atoms with van der Waals surface area (Å²) in [5, 5.41) is 1.21. The monoisotopic (exact) mass is 847 g/mol. The Bertz CT molecular complexity index is 2360. The summed E-state index contributed by atoms with van der Waals surface area (Å²) in [6.45, 7) is 19.0. The fraction of sp³-hybridized carbons (Fsp3) is 0.545. The van der Waals surface area contributed by atoms with Crippen LogP contribution in [0.15, 0.2) is 35.5 Å². The third-order valence-electron chi connectivity index (χ3n) is 12.2. The van der Waals surface area contributed by atoms with Crippen molar-refractivity contribution in [2.75, 3.05) is 38.2 Å². The number of amides is 1. The molecule has 0 saturated carbocycles. The molecule has 2 bridgehead atoms. The van der Waals surface area contributed by atoms with Crippen LogP contribution in [-0.2, 0) is 25.0 Å². The zero-order valence-corrected chi connectivity index (χ0v) is 37.6. The van der Waals surface area contributed by atoms with E-state index in [9.17, 15) is 9.00 Å². The van der Waals surface area contributed by atoms with Crippen molar-refractivity contribution in [2.24, 2.45) is 0 Å². The molecule has 5 atom stereocenters. The first-order valence-corrected chi connectivity index (χ1v) is 24.2. The molecule has 0 spiro atoms. The highest BCUT2D eigenvalue weighted by Crippen LogP contribution is 2.47. The van der Waals surface area contributed by atoms with Gasteiger partial charge in [0.1, 0.15) is 54.8 Å². The maximum Gasteiger partial charge on any atom is 0.410 e. The number of pyridine rings is 1. The van der Waals surface area contributed by atoms with E-state index in [2.05, 4.69) is 58.0 Å². The average molecular weight is 848 g/mol. The number of hydrogen-bond acceptors (Lipinski definition) is 10. The number of aromatic nitrogens is 3. The van der Waals surface area contributed by atoms with E-state index in [4.69, 9.17) is 28.9 Å². The van der Waals surface area contributed by atoms with Crippen LogP contribution in [0, 0.1) is 23.1 Å². The van der Waals surface area contributed by atoms with Gasteiger partial charge >= 0.3 is 6.09 Å². The molecule has 59 heavy (non-hydrogen) atoms. The van der Waals surface area contributed by atoms with Gasteiger partial charge in [-0.05, 0) is 61.7 Å². The fourth-order valence-electron chi connectivity index (χ4n) is 9.83. The summed E-state index contributed by atoms with van der Waals surface area (Å²) in [7, 11) is -2.51. The summed E-state index contributed by atoms with van der Waals surface area (Å²) in [5.74, 6) is 2.34. The van der Waals surface area contributed by atoms with Gasteiger partial charge in [0.25, 0.3) is 0 Å². The van der Waals surface area contributed by atoms with E-state index < -0.39 is 60.4 Å². The lowest BCUT2D eigenvalue weighted by molar-refractivity contribution is -0.0684. The number of methoxy groups -OCH3 is 1. The van der Waals surface area contributed by atoms with Crippen LogP contribution < -0.4 is 9.64 Å². The molecule has 2 aromatic carbocycles. The summed E-state index contributed by atoms with van der Waals surface area (Å²) >= 11 is 0. The summed E-state index contributed by atoms with van der Waals surface area (Å²) in [6, 6.07) is 7.16. The van der Waals surface area contributed by atoms with Gasteiger partial charge in [0.2, 0.25) is 11.0 Å². The molecule has 1 amide bonds. The number of carbonyl (C=O) groups is 1. The van der Waals surface area contributed by atoms with Crippen molar-refractivity contribution in [1.82, 2.24) is 19.9 Å². The first-order valence-electron chi connectivity index (χ1n) is 20.4. The Kier molecular flexibility index (Phi) is 11.9. The molecule has 0 radical (unpaired) electrons. The third-order valence-corrected chi connectivity index (χ3v) is 19.2. The first-order chi connectivity index (χ1) is 27.9. The molecule has 15 heteroatoms. The van der Waals surface area contributed by atoms with Crippen molar-refractivity contribution in [1.29, 1.82) is 0 Å². The Morgan fingerprint density at radius 3 is 2.37 bits per heavy atom. The second-order valence-electron chi connectivity index (χ2n) is 17.8. The van der Waals surface area contributed by atoms with Gasteiger partial charge in [0.15, 0.2) is 5.82 Å². The predicted molar refractivity (Wildman–Crippen MR) is 229 cm³/mol. The largest absolute Gasteiger partial charge is 0.469 e. The summed E-state index contributed by atoms with van der Waals surface area (Å²) in [5.41, 5.74) is 4.07. The van der Waals surface area contributed by atoms with Gasteiger partial charge in [-0.15, -0.1) is 5.54 Å². The van der Waals surface area contributed by atoms with Crippen molar-refractivity contribution < 1.29 is 36.7 Å². The van der Waals surface area contributed by atoms with Crippen molar-refractivity contribution >= 4 is 52.5 Å². The van der Waals surface area contributed by atoms with E-state index in [0.717, 1.165) is 0 Å². The van der Waals surface area contributed by atoms with Crippen LogP contribution in [0.1, 0.15) is 80.7 Å². The van der Waals surface area contributed by atoms with Crippen molar-refractivity contribution in [3.05, 3.63) is 47.5 Å². The van der Waals surface area contributed by atoms with Crippen molar-refractivity contribution in [3.63, 3.8) is 0 Å². The highest BCUT2D eigenvalue weighted by atomic mass is 32.2. The zero-order chi connectivity index (χ0) is 42.7. The van der Waals surface area contributed by atoms with E-state index in [0.29, 0.717) is 58.2 Å². The highest BCUT2D eigenvalue weighted by Gasteiger charge is 2.55. The molecule has 0 aliphatic carbocycles. The third kappa shape index (κ3) is 7.59. The second kappa shape index (κ2) is 16.3. The van der Waals surface area contributed by atoms with E-state index in [-0.39, 0.29) is 52.6 Å². The molecule has 3 aliphatic heterocycles. The minimum Gasteiger partial charge on any atom is -0.469 e. The lowest BCUT2D eigenvalue weighted by Gasteiger charge is -2.48. The molecule has 2 fully saturated rings. The van der Waals surface area contributed by atoms with Gasteiger partial charge in [-0.25, -0.2) is 28.5 Å². The second-order valence-corrected chi connectivity index (χ2v) is 24.7. The quantitative estimate of drug-likeness (QED) is 0.0533. The number of anilines is 1. The standard InChI is InChI=1S/C44H55F2N5O6SSi/c1-24(2)59(25(3)4,26(5)6)20-19-29-31(45)17-15-27-13-12-14-30(34(27)29)37-36(46)38-35-40(49-42(48-38)58(11)53)50-21-28-16-18-32(51(28)43(52)57-44(7,8)9)39(50)33(22-55-23-54-10)56-41(35)47-37/h12-15,17,24-26,28,32-33,39H,16,18,21-23H2,1-11H3. The Morgan fingerprint density at radius 2 is 1.73 bits per heavy atom. The van der Waals surface area contributed by atoms with Crippen LogP contribution in [0.25, 0.3) is 32.9 Å². The number of piperazine rings is 1. The lowest BCUT2D eigenvalue weighted by atomic mass is 9.96. The molecule has 2 aromatic heterocycles. The number of halogens is 2. The molecule has 2 saturated heterocycles. The summed E-state index contributed by atoms with van der Waals surface area (Å²) in [6.07, 6.45) is 1.57. The topological polar surface area (TPSA) is 116 Å². The van der Waals surface area contributed by atoms with Gasteiger partial charge in [-0.1, -0.05) is 71.7 Å². The number of ether oxygens (including phenoxy) is 4. The van der Waals surface area contributed by atoms with Crippen LogP contribution in [-0.4, -0.2) is 101 Å². The van der Waals surface area contributed by atoms with E-state index >= 15 is 8.78 Å². The smallest absolute Gasteiger partial charge is 0.410 e. The maximum atomic E-state index is 17.6. The van der Waals surface area contributed by atoms with Crippen LogP contribution in [0.3, 0.4) is 0 Å². The minimum absolute atomic E-state index is 0.0224. The Labute approximate surface area is 349 Å². The number of hydrogen-bond donors (Lipinski definition) is 0. The van der Waals surface area contributed by atoms with E-state index in [1.807, 2.05) is 31.7 Å². The van der Waals surface area contributed by atoms with Crippen molar-refractivity contribution in [2.45, 2.75) is 127 Å².